The van der Waals surface area contributed by atoms with Crippen molar-refractivity contribution in [2.24, 2.45) is 4.99 Å². The predicted molar refractivity (Wildman–Crippen MR) is 45.8 cm³/mol. The van der Waals surface area contributed by atoms with E-state index in [4.69, 9.17) is 0 Å². The van der Waals surface area contributed by atoms with Gasteiger partial charge in [0.2, 0.25) is 6.08 Å². The van der Waals surface area contributed by atoms with Gasteiger partial charge in [0.1, 0.15) is 6.04 Å². The van der Waals surface area contributed by atoms with Crippen molar-refractivity contribution in [3.05, 3.63) is 29.6 Å². The molecular formula is C9H7F3N2O. The highest BCUT2D eigenvalue weighted by molar-refractivity contribution is 5.34. The standard InChI is InChI=1S/C9H7F3N2O/c1-6(14-5-15)8-3-2-7(4-13-8)9(10,11)12/h2-4,6H,1H3. The van der Waals surface area contributed by atoms with Crippen molar-refractivity contribution < 1.29 is 18.0 Å². The lowest BCUT2D eigenvalue weighted by molar-refractivity contribution is -0.137. The zero-order chi connectivity index (χ0) is 11.5. The quantitative estimate of drug-likeness (QED) is 0.563. The van der Waals surface area contributed by atoms with E-state index in [9.17, 15) is 18.0 Å². The minimum absolute atomic E-state index is 0.298. The Bertz CT molecular complexity index is 379. The van der Waals surface area contributed by atoms with Crippen LogP contribution in [-0.2, 0) is 11.0 Å². The summed E-state index contributed by atoms with van der Waals surface area (Å²) in [5.41, 5.74) is -0.528. The molecular weight excluding hydrogens is 209 g/mol. The Kier molecular flexibility index (Phi) is 3.21. The Balaban J connectivity index is 2.95. The monoisotopic (exact) mass is 216 g/mol. The largest absolute Gasteiger partial charge is 0.417 e. The van der Waals surface area contributed by atoms with Gasteiger partial charge in [-0.3, -0.25) is 4.98 Å². The minimum Gasteiger partial charge on any atom is -0.258 e. The SMILES string of the molecule is CC(N=C=O)c1ccc(C(F)(F)F)cn1. The Hall–Kier alpha value is -1.68. The average Bonchev–Trinajstić information content (AvgIpc) is 2.17. The second-order valence-corrected chi connectivity index (χ2v) is 2.87. The van der Waals surface area contributed by atoms with Crippen molar-refractivity contribution >= 4 is 6.08 Å². The number of nitrogens with zero attached hydrogens (tertiary/aromatic N) is 2. The molecule has 1 rings (SSSR count). The van der Waals surface area contributed by atoms with E-state index in [-0.39, 0.29) is 0 Å². The summed E-state index contributed by atoms with van der Waals surface area (Å²) in [5, 5.41) is 0. The highest BCUT2D eigenvalue weighted by Crippen LogP contribution is 2.29. The number of hydrogen-bond acceptors (Lipinski definition) is 3. The molecule has 0 amide bonds. The van der Waals surface area contributed by atoms with Gasteiger partial charge in [-0.2, -0.15) is 18.2 Å². The highest BCUT2D eigenvalue weighted by atomic mass is 19.4. The van der Waals surface area contributed by atoms with Gasteiger partial charge in [0.25, 0.3) is 0 Å². The number of aliphatic imine (C=N–C) groups is 1. The molecule has 0 fully saturated rings. The average molecular weight is 216 g/mol. The molecule has 1 aromatic rings. The number of alkyl halides is 3. The van der Waals surface area contributed by atoms with Crippen molar-refractivity contribution in [1.82, 2.24) is 4.98 Å². The van der Waals surface area contributed by atoms with Gasteiger partial charge in [-0.05, 0) is 19.1 Å². The number of carbonyl (C=O) groups excluding carboxylic acids is 1. The molecule has 0 saturated heterocycles. The fourth-order valence-corrected chi connectivity index (χ4v) is 0.965. The lowest BCUT2D eigenvalue weighted by Crippen LogP contribution is -2.06. The third-order valence-electron chi connectivity index (χ3n) is 1.79. The number of rotatable bonds is 2. The molecule has 0 radical (unpaired) electrons. The zero-order valence-corrected chi connectivity index (χ0v) is 7.75. The molecule has 0 saturated carbocycles. The first-order valence-electron chi connectivity index (χ1n) is 4.05. The fourth-order valence-electron chi connectivity index (χ4n) is 0.965. The number of halogens is 3. The number of pyridine rings is 1. The topological polar surface area (TPSA) is 42.3 Å². The summed E-state index contributed by atoms with van der Waals surface area (Å²) in [7, 11) is 0. The van der Waals surface area contributed by atoms with Gasteiger partial charge in [0.05, 0.1) is 11.3 Å². The maximum atomic E-state index is 12.1. The van der Waals surface area contributed by atoms with E-state index in [0.29, 0.717) is 11.9 Å². The third kappa shape index (κ3) is 2.89. The van der Waals surface area contributed by atoms with Crippen LogP contribution in [-0.4, -0.2) is 11.1 Å². The molecule has 80 valence electrons. The molecule has 1 heterocycles. The molecule has 1 atom stereocenters. The van der Waals surface area contributed by atoms with E-state index < -0.39 is 17.8 Å². The fraction of sp³-hybridized carbons (Fsp3) is 0.333. The van der Waals surface area contributed by atoms with Crippen molar-refractivity contribution in [2.75, 3.05) is 0 Å². The molecule has 15 heavy (non-hydrogen) atoms. The Morgan fingerprint density at radius 1 is 1.47 bits per heavy atom. The number of isocyanates is 1. The molecule has 3 nitrogen and oxygen atoms in total. The Morgan fingerprint density at radius 3 is 2.53 bits per heavy atom. The van der Waals surface area contributed by atoms with Crippen LogP contribution in [0.1, 0.15) is 24.2 Å². The maximum absolute atomic E-state index is 12.1. The molecule has 1 aromatic heterocycles. The Morgan fingerprint density at radius 2 is 2.13 bits per heavy atom. The first kappa shape index (κ1) is 11.4. The minimum atomic E-state index is -4.40. The first-order chi connectivity index (χ1) is 6.95. The highest BCUT2D eigenvalue weighted by Gasteiger charge is 2.30. The van der Waals surface area contributed by atoms with Gasteiger partial charge < -0.3 is 0 Å². The summed E-state index contributed by atoms with van der Waals surface area (Å²) in [5.74, 6) is 0. The molecule has 0 aliphatic carbocycles. The van der Waals surface area contributed by atoms with E-state index >= 15 is 0 Å². The van der Waals surface area contributed by atoms with E-state index in [1.165, 1.54) is 12.1 Å². The predicted octanol–water partition coefficient (Wildman–Crippen LogP) is 2.50. The normalized spacial score (nSPS) is 13.1. The summed E-state index contributed by atoms with van der Waals surface area (Å²) in [6, 6.07) is 1.51. The molecule has 0 aliphatic heterocycles. The summed E-state index contributed by atoms with van der Waals surface area (Å²) >= 11 is 0. The van der Waals surface area contributed by atoms with Crippen LogP contribution in [0.3, 0.4) is 0 Å². The summed E-state index contributed by atoms with van der Waals surface area (Å²) in [6.07, 6.45) is -2.36. The van der Waals surface area contributed by atoms with E-state index in [0.717, 1.165) is 6.07 Å². The number of hydrogen-bond donors (Lipinski definition) is 0. The van der Waals surface area contributed by atoms with Crippen LogP contribution in [0.25, 0.3) is 0 Å². The lowest BCUT2D eigenvalue weighted by atomic mass is 10.2. The Labute approximate surface area is 83.7 Å². The van der Waals surface area contributed by atoms with Gasteiger partial charge in [0, 0.05) is 6.20 Å². The van der Waals surface area contributed by atoms with Crippen LogP contribution >= 0.6 is 0 Å². The third-order valence-corrected chi connectivity index (χ3v) is 1.79. The molecule has 0 N–H and O–H groups in total. The van der Waals surface area contributed by atoms with E-state index in [2.05, 4.69) is 9.98 Å². The van der Waals surface area contributed by atoms with Crippen molar-refractivity contribution in [3.63, 3.8) is 0 Å². The van der Waals surface area contributed by atoms with Gasteiger partial charge >= 0.3 is 6.18 Å². The van der Waals surface area contributed by atoms with Gasteiger partial charge in [0.15, 0.2) is 0 Å². The van der Waals surface area contributed by atoms with E-state index in [1.807, 2.05) is 0 Å². The summed E-state index contributed by atoms with van der Waals surface area (Å²) in [4.78, 5) is 16.8. The van der Waals surface area contributed by atoms with Gasteiger partial charge in [-0.25, -0.2) is 4.79 Å². The second kappa shape index (κ2) is 4.23. The lowest BCUT2D eigenvalue weighted by Gasteiger charge is -2.07. The molecule has 0 bridgehead atoms. The van der Waals surface area contributed by atoms with Crippen LogP contribution in [0.5, 0.6) is 0 Å². The molecule has 0 spiro atoms. The van der Waals surface area contributed by atoms with E-state index in [1.54, 1.807) is 6.92 Å². The van der Waals surface area contributed by atoms with Crippen molar-refractivity contribution in [1.29, 1.82) is 0 Å². The smallest absolute Gasteiger partial charge is 0.258 e. The zero-order valence-electron chi connectivity index (χ0n) is 7.75. The molecule has 0 aliphatic rings. The second-order valence-electron chi connectivity index (χ2n) is 2.87. The van der Waals surface area contributed by atoms with Crippen LogP contribution in [0.2, 0.25) is 0 Å². The van der Waals surface area contributed by atoms with Crippen LogP contribution in [0, 0.1) is 0 Å². The van der Waals surface area contributed by atoms with Crippen LogP contribution in [0.15, 0.2) is 23.3 Å². The summed E-state index contributed by atoms with van der Waals surface area (Å²) in [6.45, 7) is 1.54. The molecule has 1 unspecified atom stereocenters. The van der Waals surface area contributed by atoms with Crippen LogP contribution in [0.4, 0.5) is 13.2 Å². The molecule has 6 heteroatoms. The molecule has 0 aromatic carbocycles. The first-order valence-corrected chi connectivity index (χ1v) is 4.05. The van der Waals surface area contributed by atoms with Gasteiger partial charge in [-0.15, -0.1) is 0 Å². The van der Waals surface area contributed by atoms with Crippen molar-refractivity contribution in [3.8, 4) is 0 Å². The maximum Gasteiger partial charge on any atom is 0.417 e. The summed E-state index contributed by atoms with van der Waals surface area (Å²) < 4.78 is 36.4. The van der Waals surface area contributed by atoms with Gasteiger partial charge in [-0.1, -0.05) is 0 Å². The van der Waals surface area contributed by atoms with Crippen LogP contribution < -0.4 is 0 Å². The van der Waals surface area contributed by atoms with Crippen molar-refractivity contribution in [2.45, 2.75) is 19.1 Å². The number of aromatic nitrogens is 1.